The Morgan fingerprint density at radius 2 is 2.09 bits per heavy atom. The third kappa shape index (κ3) is 3.21. The average Bonchev–Trinajstić information content (AvgIpc) is 3.10. The molecule has 114 valence electrons. The molecule has 0 aromatic heterocycles. The minimum absolute atomic E-state index is 0.0199. The smallest absolute Gasteiger partial charge is 0.269 e. The highest BCUT2D eigenvalue weighted by Gasteiger charge is 2.34. The number of carbonyl (C=O) groups is 1. The van der Waals surface area contributed by atoms with E-state index in [-0.39, 0.29) is 18.0 Å². The second-order valence-electron chi connectivity index (χ2n) is 5.86. The van der Waals surface area contributed by atoms with E-state index < -0.39 is 4.92 Å². The van der Waals surface area contributed by atoms with Crippen molar-refractivity contribution in [3.63, 3.8) is 0 Å². The molecule has 1 amide bonds. The largest absolute Gasteiger partial charge is 0.273 e. The van der Waals surface area contributed by atoms with Crippen LogP contribution in [-0.4, -0.2) is 17.0 Å². The predicted octanol–water partition coefficient (Wildman–Crippen LogP) is 2.45. The maximum absolute atomic E-state index is 11.8. The van der Waals surface area contributed by atoms with Crippen molar-refractivity contribution in [3.05, 3.63) is 52.1 Å². The number of nitro groups is 1. The van der Waals surface area contributed by atoms with Gasteiger partial charge in [0, 0.05) is 24.3 Å². The van der Waals surface area contributed by atoms with Crippen LogP contribution in [0.1, 0.15) is 18.4 Å². The molecule has 0 aliphatic heterocycles. The summed E-state index contributed by atoms with van der Waals surface area (Å²) in [6, 6.07) is 5.96. The van der Waals surface area contributed by atoms with Gasteiger partial charge in [0.1, 0.15) is 0 Å². The Morgan fingerprint density at radius 1 is 1.32 bits per heavy atom. The average molecular weight is 299 g/mol. The molecule has 0 heterocycles. The van der Waals surface area contributed by atoms with E-state index in [0.717, 1.165) is 12.0 Å². The van der Waals surface area contributed by atoms with Crippen LogP contribution in [0.15, 0.2) is 41.5 Å². The van der Waals surface area contributed by atoms with E-state index in [2.05, 4.69) is 22.7 Å². The zero-order valence-electron chi connectivity index (χ0n) is 12.0. The number of hydrazone groups is 1. The first-order valence-electron chi connectivity index (χ1n) is 7.35. The van der Waals surface area contributed by atoms with Gasteiger partial charge in [-0.05, 0) is 30.2 Å². The summed E-state index contributed by atoms with van der Waals surface area (Å²) in [7, 11) is 0. The number of nitro benzene ring substituents is 1. The van der Waals surface area contributed by atoms with Gasteiger partial charge >= 0.3 is 0 Å². The monoisotopic (exact) mass is 299 g/mol. The van der Waals surface area contributed by atoms with Crippen molar-refractivity contribution >= 4 is 17.8 Å². The van der Waals surface area contributed by atoms with Crippen LogP contribution >= 0.6 is 0 Å². The molecule has 1 N–H and O–H groups in total. The molecule has 3 unspecified atom stereocenters. The Balaban J connectivity index is 1.48. The zero-order chi connectivity index (χ0) is 15.5. The lowest BCUT2D eigenvalue weighted by molar-refractivity contribution is -0.384. The molecule has 0 saturated heterocycles. The number of nitrogens with one attached hydrogen (secondary N) is 1. The fourth-order valence-electron chi connectivity index (χ4n) is 3.16. The molecule has 1 saturated carbocycles. The SMILES string of the molecule is O=C(Cc1ccc([N+](=O)[O-])cc1)NN=CC1CC2C=CC1C2. The van der Waals surface area contributed by atoms with Crippen molar-refractivity contribution in [1.82, 2.24) is 5.43 Å². The number of hydrogen-bond donors (Lipinski definition) is 1. The number of rotatable bonds is 5. The Hall–Kier alpha value is -2.50. The Morgan fingerprint density at radius 3 is 2.68 bits per heavy atom. The number of amides is 1. The first-order valence-corrected chi connectivity index (χ1v) is 7.35. The Kier molecular flexibility index (Phi) is 4.00. The summed E-state index contributed by atoms with van der Waals surface area (Å²) in [5, 5.41) is 14.6. The van der Waals surface area contributed by atoms with Crippen LogP contribution in [0.4, 0.5) is 5.69 Å². The molecule has 3 atom stereocenters. The first kappa shape index (κ1) is 14.4. The van der Waals surface area contributed by atoms with Crippen LogP contribution in [0.2, 0.25) is 0 Å². The Bertz CT molecular complexity index is 637. The predicted molar refractivity (Wildman–Crippen MR) is 82.3 cm³/mol. The maximum Gasteiger partial charge on any atom is 0.269 e. The van der Waals surface area contributed by atoms with E-state index in [1.807, 2.05) is 6.21 Å². The molecule has 2 aliphatic carbocycles. The number of fused-ring (bicyclic) bond motifs is 2. The summed E-state index contributed by atoms with van der Waals surface area (Å²) in [5.41, 5.74) is 3.27. The summed E-state index contributed by atoms with van der Waals surface area (Å²) in [6.07, 6.45) is 8.82. The lowest BCUT2D eigenvalue weighted by Gasteiger charge is -2.11. The number of nitrogens with zero attached hydrogens (tertiary/aromatic N) is 2. The van der Waals surface area contributed by atoms with Gasteiger partial charge in [-0.2, -0.15) is 5.10 Å². The minimum Gasteiger partial charge on any atom is -0.273 e. The number of benzene rings is 1. The van der Waals surface area contributed by atoms with E-state index in [9.17, 15) is 14.9 Å². The van der Waals surface area contributed by atoms with Gasteiger partial charge in [-0.3, -0.25) is 14.9 Å². The molecule has 2 bridgehead atoms. The summed E-state index contributed by atoms with van der Waals surface area (Å²) in [5.74, 6) is 1.45. The maximum atomic E-state index is 11.8. The van der Waals surface area contributed by atoms with E-state index in [4.69, 9.17) is 0 Å². The standard InChI is InChI=1S/C16H17N3O3/c20-16(9-11-2-5-15(6-3-11)19(21)22)18-17-10-14-8-12-1-4-13(14)7-12/h1-6,10,12-14H,7-9H2,(H,18,20). The molecule has 0 radical (unpaired) electrons. The number of carbonyl (C=O) groups excluding carboxylic acids is 1. The van der Waals surface area contributed by atoms with Crippen molar-refractivity contribution in [1.29, 1.82) is 0 Å². The molecule has 22 heavy (non-hydrogen) atoms. The van der Waals surface area contributed by atoms with Crippen LogP contribution in [0.25, 0.3) is 0 Å². The van der Waals surface area contributed by atoms with Gasteiger partial charge in [-0.25, -0.2) is 5.43 Å². The van der Waals surface area contributed by atoms with Gasteiger partial charge in [-0.15, -0.1) is 0 Å². The molecule has 6 nitrogen and oxygen atoms in total. The number of hydrogen-bond acceptors (Lipinski definition) is 4. The Labute approximate surface area is 128 Å². The summed E-state index contributed by atoms with van der Waals surface area (Å²) in [6.45, 7) is 0. The van der Waals surface area contributed by atoms with E-state index in [1.54, 1.807) is 12.1 Å². The molecule has 0 spiro atoms. The van der Waals surface area contributed by atoms with Gasteiger partial charge < -0.3 is 0 Å². The highest BCUT2D eigenvalue weighted by molar-refractivity contribution is 5.79. The second kappa shape index (κ2) is 6.09. The molecule has 6 heteroatoms. The molecular weight excluding hydrogens is 282 g/mol. The third-order valence-electron chi connectivity index (χ3n) is 4.30. The first-order chi connectivity index (χ1) is 10.6. The molecule has 1 fully saturated rings. The van der Waals surface area contributed by atoms with Gasteiger partial charge in [0.2, 0.25) is 5.91 Å². The van der Waals surface area contributed by atoms with Crippen LogP contribution in [0.5, 0.6) is 0 Å². The van der Waals surface area contributed by atoms with Gasteiger partial charge in [0.05, 0.1) is 11.3 Å². The van der Waals surface area contributed by atoms with Gasteiger partial charge in [0.15, 0.2) is 0 Å². The van der Waals surface area contributed by atoms with Crippen molar-refractivity contribution in [2.75, 3.05) is 0 Å². The highest BCUT2D eigenvalue weighted by atomic mass is 16.6. The fraction of sp³-hybridized carbons (Fsp3) is 0.375. The van der Waals surface area contributed by atoms with E-state index >= 15 is 0 Å². The summed E-state index contributed by atoms with van der Waals surface area (Å²) < 4.78 is 0. The zero-order valence-corrected chi connectivity index (χ0v) is 12.0. The summed E-state index contributed by atoms with van der Waals surface area (Å²) in [4.78, 5) is 21.9. The molecular formula is C16H17N3O3. The summed E-state index contributed by atoms with van der Waals surface area (Å²) >= 11 is 0. The second-order valence-corrected chi connectivity index (χ2v) is 5.86. The lowest BCUT2D eigenvalue weighted by atomic mass is 9.95. The van der Waals surface area contributed by atoms with Crippen LogP contribution < -0.4 is 5.43 Å². The number of non-ortho nitro benzene ring substituents is 1. The molecule has 2 aliphatic rings. The normalized spacial score (nSPS) is 25.7. The fourth-order valence-corrected chi connectivity index (χ4v) is 3.16. The van der Waals surface area contributed by atoms with Crippen LogP contribution in [0.3, 0.4) is 0 Å². The minimum atomic E-state index is -0.460. The van der Waals surface area contributed by atoms with Crippen molar-refractivity contribution in [2.24, 2.45) is 22.9 Å². The van der Waals surface area contributed by atoms with E-state index in [0.29, 0.717) is 17.8 Å². The molecule has 1 aromatic carbocycles. The topological polar surface area (TPSA) is 84.6 Å². The van der Waals surface area contributed by atoms with Gasteiger partial charge in [-0.1, -0.05) is 24.3 Å². The number of allylic oxidation sites excluding steroid dienone is 2. The quantitative estimate of drug-likeness (QED) is 0.392. The van der Waals surface area contributed by atoms with E-state index in [1.165, 1.54) is 18.6 Å². The van der Waals surface area contributed by atoms with Crippen LogP contribution in [-0.2, 0) is 11.2 Å². The van der Waals surface area contributed by atoms with Crippen molar-refractivity contribution in [2.45, 2.75) is 19.3 Å². The van der Waals surface area contributed by atoms with Crippen molar-refractivity contribution in [3.8, 4) is 0 Å². The lowest BCUT2D eigenvalue weighted by Crippen LogP contribution is -2.21. The molecule has 1 aromatic rings. The van der Waals surface area contributed by atoms with Crippen molar-refractivity contribution < 1.29 is 9.72 Å². The third-order valence-corrected chi connectivity index (χ3v) is 4.30. The van der Waals surface area contributed by atoms with Gasteiger partial charge in [0.25, 0.3) is 5.69 Å². The molecule has 3 rings (SSSR count). The highest BCUT2D eigenvalue weighted by Crippen LogP contribution is 2.42. The van der Waals surface area contributed by atoms with Crippen LogP contribution in [0, 0.1) is 27.9 Å².